The lowest BCUT2D eigenvalue weighted by atomic mass is 9.84. The van der Waals surface area contributed by atoms with Crippen LogP contribution >= 0.6 is 22.7 Å². The molecule has 2 aliphatic heterocycles. The first-order valence-corrected chi connectivity index (χ1v) is 20.2. The minimum atomic E-state index is -0.919. The Morgan fingerprint density at radius 3 is 2.41 bits per heavy atom. The molecule has 58 heavy (non-hydrogen) atoms. The highest BCUT2D eigenvalue weighted by atomic mass is 32.1. The standard InChI is InChI=1S/C43H37N11O2S2/c1-22-35(40-50-33(20-57-40)25-6-4-24(18-44)5-7-25)37(52-42(55)48-22)30-12-13-46-32-17-26(10-11-29(30)32)31-16-27(8-9-28(31)19-45)34-21-58-41(51-34)36-23(2)49-43(56)53-38(36)39-47-14-15-54(39)3/h4-17,19-21,31,37-38,43,49,53,56H,45H2,1-3H3,(H2,48,52,55). The first-order valence-electron chi connectivity index (χ1n) is 18.5. The lowest BCUT2D eigenvalue weighted by Gasteiger charge is -2.32. The molecule has 4 atom stereocenters. The molecule has 288 valence electrons. The van der Waals surface area contributed by atoms with Gasteiger partial charge in [0.05, 0.1) is 40.6 Å². The molecule has 13 nitrogen and oxygen atoms in total. The summed E-state index contributed by atoms with van der Waals surface area (Å²) in [6, 6.07) is 16.5. The number of amides is 2. The number of aromatic nitrogens is 5. The molecule has 4 unspecified atom stereocenters. The molecule has 0 saturated carbocycles. The van der Waals surface area contributed by atoms with Crippen molar-refractivity contribution in [1.82, 2.24) is 45.8 Å². The van der Waals surface area contributed by atoms with Crippen molar-refractivity contribution in [3.05, 3.63) is 158 Å². The second kappa shape index (κ2) is 15.0. The summed E-state index contributed by atoms with van der Waals surface area (Å²) in [6.07, 6.45) is 12.3. The lowest BCUT2D eigenvalue weighted by molar-refractivity contribution is 0.0977. The van der Waals surface area contributed by atoms with Gasteiger partial charge in [-0.05, 0) is 66.6 Å². The number of aliphatic hydroxyl groups excluding tert-OH is 1. The van der Waals surface area contributed by atoms with Crippen molar-refractivity contribution < 1.29 is 9.90 Å². The third kappa shape index (κ3) is 6.67. The van der Waals surface area contributed by atoms with Gasteiger partial charge in [0.15, 0.2) is 6.35 Å². The zero-order chi connectivity index (χ0) is 40.1. The number of pyridine rings is 1. The number of carbonyl (C=O) groups excluding carboxylic acids is 1. The number of carbonyl (C=O) groups is 1. The number of nitrogens with one attached hydrogen (secondary N) is 4. The van der Waals surface area contributed by atoms with Gasteiger partial charge >= 0.3 is 6.03 Å². The number of fused-ring (bicyclic) bond motifs is 1. The van der Waals surface area contributed by atoms with Gasteiger partial charge in [-0.25, -0.2) is 19.7 Å². The van der Waals surface area contributed by atoms with Crippen LogP contribution in [0.4, 0.5) is 4.79 Å². The van der Waals surface area contributed by atoms with Crippen molar-refractivity contribution >= 4 is 56.3 Å². The summed E-state index contributed by atoms with van der Waals surface area (Å²) >= 11 is 3.04. The third-order valence-electron chi connectivity index (χ3n) is 10.7. The van der Waals surface area contributed by atoms with Gasteiger partial charge in [-0.3, -0.25) is 10.3 Å². The number of imidazole rings is 1. The molecule has 1 aliphatic carbocycles. The number of thiazole rings is 2. The first kappa shape index (κ1) is 36.9. The molecular formula is C43H37N11O2S2. The van der Waals surface area contributed by atoms with Crippen LogP contribution in [0.5, 0.6) is 0 Å². The van der Waals surface area contributed by atoms with E-state index in [1.54, 1.807) is 30.7 Å². The molecule has 2 amide bonds. The van der Waals surface area contributed by atoms with E-state index in [2.05, 4.69) is 56.6 Å². The number of hydrogen-bond acceptors (Lipinski definition) is 12. The van der Waals surface area contributed by atoms with E-state index in [0.717, 1.165) is 88.5 Å². The summed E-state index contributed by atoms with van der Waals surface area (Å²) in [5.41, 5.74) is 17.2. The Hall–Kier alpha value is -6.70. The minimum Gasteiger partial charge on any atom is -0.404 e. The second-order valence-corrected chi connectivity index (χ2v) is 15.9. The SMILES string of the molecule is CC1=C(c2nc(-c3ccc(C#N)cc3)cs2)C(c2ccnc3cc(C4C=C(c5csc(C6=C(C)NC(O)NC6c6nccn6C)n5)C=CC4=CN)ccc23)NC(=O)N1. The average Bonchev–Trinajstić information content (AvgIpc) is 4.02. The molecule has 0 radical (unpaired) electrons. The number of nitriles is 1. The van der Waals surface area contributed by atoms with Gasteiger partial charge in [0, 0.05) is 75.8 Å². The quantitative estimate of drug-likeness (QED) is 0.101. The van der Waals surface area contributed by atoms with Crippen LogP contribution in [-0.2, 0) is 7.05 Å². The van der Waals surface area contributed by atoms with Crippen molar-refractivity contribution in [2.24, 2.45) is 12.8 Å². The predicted octanol–water partition coefficient (Wildman–Crippen LogP) is 6.73. The van der Waals surface area contributed by atoms with E-state index in [-0.39, 0.29) is 18.0 Å². The fourth-order valence-corrected chi connectivity index (χ4v) is 9.71. The largest absolute Gasteiger partial charge is 0.404 e. The number of benzene rings is 2. The van der Waals surface area contributed by atoms with Gasteiger partial charge in [-0.15, -0.1) is 22.7 Å². The van der Waals surface area contributed by atoms with Crippen LogP contribution in [0.1, 0.15) is 70.1 Å². The Balaban J connectivity index is 1.04. The molecule has 9 rings (SSSR count). The summed E-state index contributed by atoms with van der Waals surface area (Å²) in [6.45, 7) is 3.83. The Morgan fingerprint density at radius 2 is 1.67 bits per heavy atom. The van der Waals surface area contributed by atoms with E-state index in [1.165, 1.54) is 22.7 Å². The molecule has 2 aromatic carbocycles. The first-order chi connectivity index (χ1) is 28.2. The molecule has 0 bridgehead atoms. The fourth-order valence-electron chi connectivity index (χ4n) is 7.78. The smallest absolute Gasteiger partial charge is 0.319 e. The molecule has 0 fully saturated rings. The highest BCUT2D eigenvalue weighted by Crippen LogP contribution is 2.42. The maximum absolute atomic E-state index is 13.0. The predicted molar refractivity (Wildman–Crippen MR) is 226 cm³/mol. The number of hydrogen-bond donors (Lipinski definition) is 6. The fraction of sp³-hybridized carbons (Fsp3) is 0.163. The van der Waals surface area contributed by atoms with Crippen molar-refractivity contribution in [2.75, 3.05) is 0 Å². The van der Waals surface area contributed by atoms with Crippen LogP contribution in [0.15, 0.2) is 119 Å². The number of nitrogens with two attached hydrogens (primary N) is 1. The summed E-state index contributed by atoms with van der Waals surface area (Å²) in [7, 11) is 1.93. The molecular weight excluding hydrogens is 767 g/mol. The summed E-state index contributed by atoms with van der Waals surface area (Å²) in [5, 5.41) is 38.7. The highest BCUT2D eigenvalue weighted by molar-refractivity contribution is 7.11. The average molecular weight is 804 g/mol. The van der Waals surface area contributed by atoms with Gasteiger partial charge in [-0.2, -0.15) is 5.26 Å². The van der Waals surface area contributed by atoms with Crippen LogP contribution < -0.4 is 27.0 Å². The Kier molecular flexibility index (Phi) is 9.54. The van der Waals surface area contributed by atoms with Crippen molar-refractivity contribution in [3.63, 3.8) is 0 Å². The Bertz CT molecular complexity index is 2820. The molecule has 6 heterocycles. The maximum atomic E-state index is 13.0. The van der Waals surface area contributed by atoms with Crippen molar-refractivity contribution in [2.45, 2.75) is 38.2 Å². The number of aliphatic hydroxyl groups is 1. The zero-order valence-electron chi connectivity index (χ0n) is 31.6. The number of nitrogens with zero attached hydrogens (tertiary/aromatic N) is 6. The zero-order valence-corrected chi connectivity index (χ0v) is 33.2. The van der Waals surface area contributed by atoms with E-state index in [9.17, 15) is 15.2 Å². The number of aryl methyl sites for hydroxylation is 1. The molecule has 0 spiro atoms. The van der Waals surface area contributed by atoms with Gasteiger partial charge in [-0.1, -0.05) is 42.5 Å². The van der Waals surface area contributed by atoms with Gasteiger partial charge < -0.3 is 31.4 Å². The molecule has 0 saturated heterocycles. The number of allylic oxidation sites excluding steroid dienone is 7. The van der Waals surface area contributed by atoms with Crippen molar-refractivity contribution in [1.29, 1.82) is 5.26 Å². The molecule has 15 heteroatoms. The lowest BCUT2D eigenvalue weighted by Crippen LogP contribution is -2.48. The topological polar surface area (TPSA) is 192 Å². The molecule has 3 aliphatic rings. The van der Waals surface area contributed by atoms with E-state index in [1.807, 2.05) is 72.8 Å². The van der Waals surface area contributed by atoms with Crippen LogP contribution in [0, 0.1) is 11.3 Å². The summed E-state index contributed by atoms with van der Waals surface area (Å²) in [5.74, 6) is 0.600. The Morgan fingerprint density at radius 1 is 0.914 bits per heavy atom. The van der Waals surface area contributed by atoms with Gasteiger partial charge in [0.25, 0.3) is 0 Å². The third-order valence-corrected chi connectivity index (χ3v) is 12.4. The Labute approximate surface area is 341 Å². The van der Waals surface area contributed by atoms with E-state index in [0.29, 0.717) is 5.56 Å². The monoisotopic (exact) mass is 803 g/mol. The normalized spacial score (nSPS) is 21.5. The van der Waals surface area contributed by atoms with E-state index < -0.39 is 12.4 Å². The molecule has 7 N–H and O–H groups in total. The minimum absolute atomic E-state index is 0.174. The van der Waals surface area contributed by atoms with Gasteiger partial charge in [0.1, 0.15) is 15.8 Å². The molecule has 4 aromatic heterocycles. The highest BCUT2D eigenvalue weighted by Gasteiger charge is 2.33. The van der Waals surface area contributed by atoms with Crippen LogP contribution in [0.3, 0.4) is 0 Å². The van der Waals surface area contributed by atoms with E-state index >= 15 is 0 Å². The molecule has 6 aromatic rings. The summed E-state index contributed by atoms with van der Waals surface area (Å²) in [4.78, 5) is 32.4. The van der Waals surface area contributed by atoms with Gasteiger partial charge in [0.2, 0.25) is 0 Å². The van der Waals surface area contributed by atoms with Crippen LogP contribution in [-0.4, -0.2) is 42.0 Å². The number of urea groups is 1. The second-order valence-electron chi connectivity index (χ2n) is 14.2. The van der Waals surface area contributed by atoms with Crippen LogP contribution in [0.2, 0.25) is 0 Å². The summed E-state index contributed by atoms with van der Waals surface area (Å²) < 4.78 is 1.94. The van der Waals surface area contributed by atoms with Crippen molar-refractivity contribution in [3.8, 4) is 17.3 Å². The van der Waals surface area contributed by atoms with Crippen LogP contribution in [0.25, 0.3) is 38.9 Å². The van der Waals surface area contributed by atoms with E-state index in [4.69, 9.17) is 20.7 Å². The maximum Gasteiger partial charge on any atom is 0.319 e. The number of rotatable bonds is 7.